The molecule has 0 saturated carbocycles. The second kappa shape index (κ2) is 7.24. The third-order valence-corrected chi connectivity index (χ3v) is 6.25. The number of para-hydroxylation sites is 2. The summed E-state index contributed by atoms with van der Waals surface area (Å²) in [6, 6.07) is 33.9. The molecule has 3 nitrogen and oxygen atoms in total. The van der Waals surface area contributed by atoms with Gasteiger partial charge in [-0.2, -0.15) is 0 Å². The Hall–Kier alpha value is -4.11. The van der Waals surface area contributed by atoms with Crippen LogP contribution in [-0.2, 0) is 7.05 Å². The average Bonchev–Trinajstić information content (AvgIpc) is 3.43. The molecule has 3 heteroatoms. The molecule has 0 amide bonds. The standard InChI is InChI=1S/C29H23N2O/c1-20-14-15-21(19-24(20)25-11-7-8-18-30(25)2)28-16-17-29(32-28)31-26-12-5-3-9-22(26)23-10-4-6-13-27(23)31/h3-19H,1-2H3/q+1. The fourth-order valence-electron chi connectivity index (χ4n) is 4.62. The lowest BCUT2D eigenvalue weighted by Crippen LogP contribution is -2.30. The zero-order chi connectivity index (χ0) is 21.7. The van der Waals surface area contributed by atoms with Crippen LogP contribution in [-0.4, -0.2) is 4.57 Å². The molecule has 0 unspecified atom stereocenters. The number of nitrogens with zero attached hydrogens (tertiary/aromatic N) is 2. The average molecular weight is 416 g/mol. The lowest BCUT2D eigenvalue weighted by molar-refractivity contribution is -0.660. The molecule has 6 rings (SSSR count). The maximum atomic E-state index is 6.45. The minimum atomic E-state index is 0.824. The highest BCUT2D eigenvalue weighted by Gasteiger charge is 2.17. The summed E-state index contributed by atoms with van der Waals surface area (Å²) in [4.78, 5) is 0. The van der Waals surface area contributed by atoms with Gasteiger partial charge < -0.3 is 4.42 Å². The smallest absolute Gasteiger partial charge is 0.212 e. The summed E-state index contributed by atoms with van der Waals surface area (Å²) < 4.78 is 10.8. The normalized spacial score (nSPS) is 11.4. The largest absolute Gasteiger partial charge is 0.440 e. The highest BCUT2D eigenvalue weighted by Crippen LogP contribution is 2.35. The summed E-state index contributed by atoms with van der Waals surface area (Å²) in [5.74, 6) is 1.69. The summed E-state index contributed by atoms with van der Waals surface area (Å²) in [5.41, 5.74) is 7.00. The van der Waals surface area contributed by atoms with Gasteiger partial charge in [-0.25, -0.2) is 4.57 Å². The second-order valence-electron chi connectivity index (χ2n) is 8.23. The van der Waals surface area contributed by atoms with E-state index in [2.05, 4.69) is 120 Å². The van der Waals surface area contributed by atoms with E-state index in [1.165, 1.54) is 27.6 Å². The van der Waals surface area contributed by atoms with Crippen LogP contribution >= 0.6 is 0 Å². The van der Waals surface area contributed by atoms with E-state index in [9.17, 15) is 0 Å². The van der Waals surface area contributed by atoms with Crippen LogP contribution in [0.15, 0.2) is 108 Å². The van der Waals surface area contributed by atoms with Crippen molar-refractivity contribution in [1.82, 2.24) is 4.57 Å². The van der Waals surface area contributed by atoms with Gasteiger partial charge in [-0.15, -0.1) is 0 Å². The number of hydrogen-bond acceptors (Lipinski definition) is 1. The van der Waals surface area contributed by atoms with E-state index in [-0.39, 0.29) is 0 Å². The Morgan fingerprint density at radius 1 is 0.719 bits per heavy atom. The monoisotopic (exact) mass is 415 g/mol. The second-order valence-corrected chi connectivity index (χ2v) is 8.23. The first-order valence-corrected chi connectivity index (χ1v) is 10.9. The molecule has 0 fully saturated rings. The minimum Gasteiger partial charge on any atom is -0.440 e. The van der Waals surface area contributed by atoms with Crippen LogP contribution in [0.5, 0.6) is 0 Å². The molecule has 0 N–H and O–H groups in total. The van der Waals surface area contributed by atoms with Gasteiger partial charge in [0.05, 0.1) is 11.0 Å². The van der Waals surface area contributed by atoms with E-state index < -0.39 is 0 Å². The molecular formula is C29H23N2O+. The highest BCUT2D eigenvalue weighted by molar-refractivity contribution is 6.09. The molecule has 0 saturated heterocycles. The quantitative estimate of drug-likeness (QED) is 0.290. The summed E-state index contributed by atoms with van der Waals surface area (Å²) in [5, 5.41) is 2.46. The molecule has 6 aromatic rings. The van der Waals surface area contributed by atoms with Gasteiger partial charge in [0, 0.05) is 40.1 Å². The minimum absolute atomic E-state index is 0.824. The Balaban J connectivity index is 1.50. The predicted molar refractivity (Wildman–Crippen MR) is 130 cm³/mol. The van der Waals surface area contributed by atoms with Gasteiger partial charge in [0.2, 0.25) is 11.6 Å². The van der Waals surface area contributed by atoms with Crippen molar-refractivity contribution in [2.45, 2.75) is 6.92 Å². The van der Waals surface area contributed by atoms with Gasteiger partial charge >= 0.3 is 0 Å². The zero-order valence-electron chi connectivity index (χ0n) is 18.1. The molecular weight excluding hydrogens is 392 g/mol. The van der Waals surface area contributed by atoms with Crippen molar-refractivity contribution in [2.24, 2.45) is 7.05 Å². The third kappa shape index (κ3) is 2.86. The molecule has 154 valence electrons. The first kappa shape index (κ1) is 18.6. The van der Waals surface area contributed by atoms with E-state index in [1.807, 2.05) is 6.07 Å². The molecule has 0 aliphatic heterocycles. The zero-order valence-corrected chi connectivity index (χ0v) is 18.1. The molecule has 0 aliphatic carbocycles. The van der Waals surface area contributed by atoms with Gasteiger partial charge in [0.25, 0.3) is 0 Å². The molecule has 32 heavy (non-hydrogen) atoms. The van der Waals surface area contributed by atoms with Gasteiger partial charge in [0.15, 0.2) is 6.20 Å². The lowest BCUT2D eigenvalue weighted by atomic mass is 10.0. The van der Waals surface area contributed by atoms with Crippen molar-refractivity contribution in [3.63, 3.8) is 0 Å². The summed E-state index contributed by atoms with van der Waals surface area (Å²) in [6.07, 6.45) is 2.08. The Morgan fingerprint density at radius 2 is 1.41 bits per heavy atom. The number of aromatic nitrogens is 2. The van der Waals surface area contributed by atoms with Crippen molar-refractivity contribution >= 4 is 21.8 Å². The number of fused-ring (bicyclic) bond motifs is 3. The maximum absolute atomic E-state index is 6.45. The predicted octanol–water partition coefficient (Wildman–Crippen LogP) is 6.84. The van der Waals surface area contributed by atoms with Crippen molar-refractivity contribution < 1.29 is 8.98 Å². The van der Waals surface area contributed by atoms with Crippen LogP contribution < -0.4 is 4.57 Å². The molecule has 3 heterocycles. The van der Waals surface area contributed by atoms with E-state index in [1.54, 1.807) is 0 Å². The fraction of sp³-hybridized carbons (Fsp3) is 0.0690. The molecule has 0 atom stereocenters. The van der Waals surface area contributed by atoms with E-state index >= 15 is 0 Å². The number of aryl methyl sites for hydroxylation is 2. The van der Waals surface area contributed by atoms with Gasteiger partial charge in [-0.3, -0.25) is 4.57 Å². The highest BCUT2D eigenvalue weighted by atomic mass is 16.4. The van der Waals surface area contributed by atoms with Crippen LogP contribution in [0, 0.1) is 6.92 Å². The van der Waals surface area contributed by atoms with Crippen LogP contribution in [0.4, 0.5) is 0 Å². The number of benzene rings is 3. The van der Waals surface area contributed by atoms with E-state index in [0.29, 0.717) is 0 Å². The van der Waals surface area contributed by atoms with Crippen LogP contribution in [0.2, 0.25) is 0 Å². The van der Waals surface area contributed by atoms with Gasteiger partial charge in [0.1, 0.15) is 12.8 Å². The first-order valence-electron chi connectivity index (χ1n) is 10.9. The van der Waals surface area contributed by atoms with Crippen LogP contribution in [0.3, 0.4) is 0 Å². The lowest BCUT2D eigenvalue weighted by Gasteiger charge is -2.07. The number of furan rings is 1. The van der Waals surface area contributed by atoms with Crippen molar-refractivity contribution in [1.29, 1.82) is 0 Å². The van der Waals surface area contributed by atoms with Gasteiger partial charge in [-0.05, 0) is 42.8 Å². The molecule has 0 aliphatic rings. The van der Waals surface area contributed by atoms with Crippen molar-refractivity contribution in [2.75, 3.05) is 0 Å². The topological polar surface area (TPSA) is 21.9 Å². The Kier molecular flexibility index (Phi) is 4.22. The van der Waals surface area contributed by atoms with Crippen LogP contribution in [0.25, 0.3) is 50.3 Å². The third-order valence-electron chi connectivity index (χ3n) is 6.25. The van der Waals surface area contributed by atoms with Crippen molar-refractivity contribution in [3.05, 3.63) is 109 Å². The van der Waals surface area contributed by atoms with Crippen molar-refractivity contribution in [3.8, 4) is 28.5 Å². The van der Waals surface area contributed by atoms with E-state index in [4.69, 9.17) is 4.42 Å². The number of rotatable bonds is 3. The first-order chi connectivity index (χ1) is 15.7. The molecule has 3 aromatic carbocycles. The maximum Gasteiger partial charge on any atom is 0.212 e. The molecule has 0 radical (unpaired) electrons. The fourth-order valence-corrected chi connectivity index (χ4v) is 4.62. The Morgan fingerprint density at radius 3 is 2.12 bits per heavy atom. The number of pyridine rings is 1. The molecule has 0 spiro atoms. The van der Waals surface area contributed by atoms with Gasteiger partial charge in [-0.1, -0.05) is 48.5 Å². The van der Waals surface area contributed by atoms with Crippen LogP contribution in [0.1, 0.15) is 5.56 Å². The summed E-state index contributed by atoms with van der Waals surface area (Å²) >= 11 is 0. The molecule has 0 bridgehead atoms. The Labute approximate surface area is 186 Å². The number of hydrogen-bond donors (Lipinski definition) is 0. The summed E-state index contributed by atoms with van der Waals surface area (Å²) in [6.45, 7) is 2.15. The van der Waals surface area contributed by atoms with E-state index in [0.717, 1.165) is 28.2 Å². The Bertz CT molecular complexity index is 1550. The molecule has 3 aromatic heterocycles. The SMILES string of the molecule is Cc1ccc(-c2ccc(-n3c4ccccc4c4ccccc43)o2)cc1-c1cccc[n+]1C. The summed E-state index contributed by atoms with van der Waals surface area (Å²) in [7, 11) is 2.08.